The Hall–Kier alpha value is -2.51. The molecule has 7 heteroatoms. The fraction of sp³-hybridized carbons (Fsp3) is 0.300. The van der Waals surface area contributed by atoms with Gasteiger partial charge >= 0.3 is 0 Å². The minimum Gasteiger partial charge on any atom is -0.438 e. The van der Waals surface area contributed by atoms with E-state index in [1.165, 1.54) is 0 Å². The van der Waals surface area contributed by atoms with Gasteiger partial charge in [-0.15, -0.1) is 0 Å². The molecule has 1 atom stereocenters. The second-order valence-electron chi connectivity index (χ2n) is 7.04. The third-order valence-electron chi connectivity index (χ3n) is 4.34. The highest BCUT2D eigenvalue weighted by atomic mass is 32.2. The van der Waals surface area contributed by atoms with Gasteiger partial charge in [-0.25, -0.2) is 13.4 Å². The molecule has 0 saturated heterocycles. The number of aromatic nitrogens is 1. The molecule has 0 saturated carbocycles. The molecule has 0 N–H and O–H groups in total. The number of ether oxygens (including phenoxy) is 2. The number of hydrogen-bond acceptors (Lipinski definition) is 6. The number of benzene rings is 1. The summed E-state index contributed by atoms with van der Waals surface area (Å²) in [5.74, 6) is 0.115. The Labute approximate surface area is 158 Å². The van der Waals surface area contributed by atoms with Crippen molar-refractivity contribution >= 4 is 16.1 Å². The molecule has 1 aliphatic heterocycles. The van der Waals surface area contributed by atoms with E-state index in [2.05, 4.69) is 4.98 Å². The number of nitrogens with zero attached hydrogens (tertiary/aromatic N) is 1. The number of carbonyl (C=O) groups is 1. The number of carbonyl (C=O) groups excluding carboxylic acids is 1. The van der Waals surface area contributed by atoms with E-state index in [1.54, 1.807) is 62.5 Å². The van der Waals surface area contributed by atoms with Crippen molar-refractivity contribution in [3.8, 4) is 5.88 Å². The maximum Gasteiger partial charge on any atom is 0.219 e. The lowest BCUT2D eigenvalue weighted by Gasteiger charge is -2.29. The molecule has 27 heavy (non-hydrogen) atoms. The molecule has 2 heterocycles. The lowest BCUT2D eigenvalue weighted by Crippen LogP contribution is -2.36. The summed E-state index contributed by atoms with van der Waals surface area (Å²) >= 11 is 0. The monoisotopic (exact) mass is 387 g/mol. The van der Waals surface area contributed by atoms with E-state index in [4.69, 9.17) is 9.47 Å². The summed E-state index contributed by atoms with van der Waals surface area (Å²) in [7, 11) is -3.74. The van der Waals surface area contributed by atoms with E-state index in [0.29, 0.717) is 11.8 Å². The molecule has 2 aromatic rings. The largest absolute Gasteiger partial charge is 0.438 e. The van der Waals surface area contributed by atoms with Crippen molar-refractivity contribution in [3.63, 3.8) is 0 Å². The fourth-order valence-corrected chi connectivity index (χ4v) is 4.83. The topological polar surface area (TPSA) is 82.6 Å². The summed E-state index contributed by atoms with van der Waals surface area (Å²) in [5, 5.41) is 0. The molecule has 3 rings (SSSR count). The zero-order valence-electron chi connectivity index (χ0n) is 15.6. The molecular weight excluding hydrogens is 366 g/mol. The minimum absolute atomic E-state index is 0.0747. The van der Waals surface area contributed by atoms with Crippen LogP contribution in [0, 0.1) is 6.92 Å². The SMILES string of the molecule is Cc1ccnc(OC2=C(S(C)(=O)=O)C(C)(C)OC2(C=O)c2ccccc2)c1. The zero-order chi connectivity index (χ0) is 19.9. The van der Waals surface area contributed by atoms with Gasteiger partial charge in [0.2, 0.25) is 11.5 Å². The van der Waals surface area contributed by atoms with Crippen LogP contribution in [-0.2, 0) is 25.0 Å². The van der Waals surface area contributed by atoms with E-state index in [1.807, 2.05) is 6.92 Å². The van der Waals surface area contributed by atoms with Crippen LogP contribution in [0.1, 0.15) is 25.0 Å². The fourth-order valence-electron chi connectivity index (χ4n) is 3.36. The number of aldehydes is 1. The molecule has 0 fully saturated rings. The Kier molecular flexibility index (Phi) is 4.69. The second kappa shape index (κ2) is 6.58. The molecule has 142 valence electrons. The Morgan fingerprint density at radius 1 is 1.15 bits per heavy atom. The van der Waals surface area contributed by atoms with Gasteiger partial charge in [-0.3, -0.25) is 4.79 Å². The predicted molar refractivity (Wildman–Crippen MR) is 101 cm³/mol. The van der Waals surface area contributed by atoms with E-state index in [-0.39, 0.29) is 16.5 Å². The normalized spacial score (nSPS) is 21.9. The predicted octanol–water partition coefficient (Wildman–Crippen LogP) is 2.93. The standard InChI is InChI=1S/C20H21NO5S/c1-14-10-11-21-16(12-14)25-17-18(27(4,23)24)19(2,3)26-20(17,13-22)15-8-6-5-7-9-15/h5-13H,1-4H3. The summed E-state index contributed by atoms with van der Waals surface area (Å²) in [6, 6.07) is 12.1. The Balaban J connectivity index is 2.31. The van der Waals surface area contributed by atoms with Gasteiger partial charge < -0.3 is 9.47 Å². The van der Waals surface area contributed by atoms with Gasteiger partial charge in [0.1, 0.15) is 10.5 Å². The van der Waals surface area contributed by atoms with Crippen LogP contribution < -0.4 is 4.74 Å². The second-order valence-corrected chi connectivity index (χ2v) is 8.99. The summed E-state index contributed by atoms with van der Waals surface area (Å²) in [6.45, 7) is 5.06. The van der Waals surface area contributed by atoms with Crippen molar-refractivity contribution < 1.29 is 22.7 Å². The van der Waals surface area contributed by atoms with Crippen LogP contribution in [0.25, 0.3) is 0 Å². The van der Waals surface area contributed by atoms with Crippen LogP contribution in [0.15, 0.2) is 59.3 Å². The van der Waals surface area contributed by atoms with Crippen molar-refractivity contribution in [2.75, 3.05) is 6.26 Å². The molecule has 1 aromatic heterocycles. The Bertz CT molecular complexity index is 1010. The number of rotatable bonds is 5. The van der Waals surface area contributed by atoms with Crippen molar-refractivity contribution in [3.05, 3.63) is 70.5 Å². The maximum absolute atomic E-state index is 12.6. The Morgan fingerprint density at radius 2 is 1.81 bits per heavy atom. The lowest BCUT2D eigenvalue weighted by molar-refractivity contribution is -0.139. The van der Waals surface area contributed by atoms with Crippen molar-refractivity contribution in [2.45, 2.75) is 32.0 Å². The van der Waals surface area contributed by atoms with Crippen LogP contribution in [0.3, 0.4) is 0 Å². The van der Waals surface area contributed by atoms with Crippen LogP contribution in [0.5, 0.6) is 5.88 Å². The summed E-state index contributed by atoms with van der Waals surface area (Å²) in [4.78, 5) is 16.4. The van der Waals surface area contributed by atoms with Gasteiger partial charge in [0.15, 0.2) is 21.9 Å². The van der Waals surface area contributed by atoms with Crippen molar-refractivity contribution in [1.29, 1.82) is 0 Å². The molecule has 0 aliphatic carbocycles. The average molecular weight is 387 g/mol. The highest BCUT2D eigenvalue weighted by Gasteiger charge is 2.57. The molecule has 0 amide bonds. The molecule has 0 radical (unpaired) electrons. The maximum atomic E-state index is 12.6. The molecule has 1 aliphatic rings. The third kappa shape index (κ3) is 3.40. The smallest absolute Gasteiger partial charge is 0.219 e. The van der Waals surface area contributed by atoms with Crippen molar-refractivity contribution in [2.24, 2.45) is 0 Å². The van der Waals surface area contributed by atoms with E-state index >= 15 is 0 Å². The first-order chi connectivity index (χ1) is 12.6. The number of hydrogen-bond donors (Lipinski definition) is 0. The highest BCUT2D eigenvalue weighted by Crippen LogP contribution is 2.49. The van der Waals surface area contributed by atoms with Gasteiger partial charge in [0, 0.05) is 18.5 Å². The van der Waals surface area contributed by atoms with Gasteiger partial charge in [-0.2, -0.15) is 0 Å². The minimum atomic E-state index is -3.74. The number of pyridine rings is 1. The molecule has 1 unspecified atom stereocenters. The molecule has 6 nitrogen and oxygen atoms in total. The van der Waals surface area contributed by atoms with E-state index < -0.39 is 21.0 Å². The first kappa shape index (κ1) is 19.3. The molecule has 1 aromatic carbocycles. The molecule has 0 spiro atoms. The third-order valence-corrected chi connectivity index (χ3v) is 5.76. The van der Waals surface area contributed by atoms with Gasteiger partial charge in [0.05, 0.1) is 0 Å². The number of sulfone groups is 1. The summed E-state index contributed by atoms with van der Waals surface area (Å²) in [6.07, 6.45) is 3.21. The van der Waals surface area contributed by atoms with Gasteiger partial charge in [0.25, 0.3) is 0 Å². The first-order valence-electron chi connectivity index (χ1n) is 8.38. The van der Waals surface area contributed by atoms with Crippen LogP contribution in [0.2, 0.25) is 0 Å². The summed E-state index contributed by atoms with van der Waals surface area (Å²) in [5.41, 5.74) is -1.58. The number of aryl methyl sites for hydroxylation is 1. The van der Waals surface area contributed by atoms with E-state index in [9.17, 15) is 13.2 Å². The van der Waals surface area contributed by atoms with Crippen LogP contribution in [0.4, 0.5) is 0 Å². The average Bonchev–Trinajstić information content (AvgIpc) is 2.83. The quantitative estimate of drug-likeness (QED) is 0.734. The lowest BCUT2D eigenvalue weighted by atomic mass is 9.93. The first-order valence-corrected chi connectivity index (χ1v) is 10.3. The van der Waals surface area contributed by atoms with Gasteiger partial charge in [-0.05, 0) is 38.0 Å². The molecular formula is C20H21NO5S. The van der Waals surface area contributed by atoms with Gasteiger partial charge in [-0.1, -0.05) is 30.3 Å². The highest BCUT2D eigenvalue weighted by molar-refractivity contribution is 7.94. The van der Waals surface area contributed by atoms with Crippen molar-refractivity contribution in [1.82, 2.24) is 4.98 Å². The molecule has 0 bridgehead atoms. The Morgan fingerprint density at radius 3 is 2.37 bits per heavy atom. The van der Waals surface area contributed by atoms with Crippen LogP contribution in [-0.4, -0.2) is 31.5 Å². The van der Waals surface area contributed by atoms with E-state index in [0.717, 1.165) is 11.8 Å². The zero-order valence-corrected chi connectivity index (χ0v) is 16.4. The van der Waals surface area contributed by atoms with Crippen LogP contribution >= 0.6 is 0 Å². The summed E-state index contributed by atoms with van der Waals surface area (Å²) < 4.78 is 37.2.